The summed E-state index contributed by atoms with van der Waals surface area (Å²) in [5, 5.41) is 0. The van der Waals surface area contributed by atoms with E-state index in [1.54, 1.807) is 0 Å². The first-order valence-electron chi connectivity index (χ1n) is 0. The van der Waals surface area contributed by atoms with Gasteiger partial charge >= 0.3 is 0 Å². The van der Waals surface area contributed by atoms with Crippen LogP contribution in [0.15, 0.2) is 0 Å². The Morgan fingerprint density at radius 2 is 0.750 bits per heavy atom. The maximum Gasteiger partial charge on any atom is 0 e. The van der Waals surface area contributed by atoms with E-state index in [-0.39, 0.29) is 89.1 Å². The summed E-state index contributed by atoms with van der Waals surface area (Å²) in [5.41, 5.74) is 0. The summed E-state index contributed by atoms with van der Waals surface area (Å²) in [6, 6.07) is 0. The van der Waals surface area contributed by atoms with Crippen LogP contribution in [-0.2, 0) is 63.2 Å². The fraction of sp³-hybridized carbons (Fsp3) is 0. The predicted octanol–water partition coefficient (Wildman–Crippen LogP) is -0.388. The Bertz CT molecular complexity index is 6.00. The SMILES string of the molecule is [Au].[In].[Pd].[Pd]. The summed E-state index contributed by atoms with van der Waals surface area (Å²) in [6.45, 7) is 0. The third-order valence-electron chi connectivity index (χ3n) is 0. The van der Waals surface area contributed by atoms with Crippen molar-refractivity contribution in [3.63, 3.8) is 0 Å². The molecule has 0 rings (SSSR count). The summed E-state index contributed by atoms with van der Waals surface area (Å²) in [6.07, 6.45) is 0. The van der Waals surface area contributed by atoms with E-state index in [9.17, 15) is 0 Å². The third-order valence-corrected chi connectivity index (χ3v) is 0. The molecule has 0 spiro atoms. The molecule has 4 radical (unpaired) electrons. The molecule has 0 atom stereocenters. The van der Waals surface area contributed by atoms with Gasteiger partial charge in [-0.1, -0.05) is 0 Å². The van der Waals surface area contributed by atoms with Crippen LogP contribution in [0.4, 0.5) is 0 Å². The Morgan fingerprint density at radius 1 is 0.750 bits per heavy atom. The second kappa shape index (κ2) is 16.8. The standard InChI is InChI=1S/Au.In.2Pd. The molecule has 0 fully saturated rings. The molecule has 0 saturated heterocycles. The molecule has 0 unspecified atom stereocenters. The molecule has 4 heavy (non-hydrogen) atoms. The van der Waals surface area contributed by atoms with Gasteiger partial charge in [0.15, 0.2) is 0 Å². The van der Waals surface area contributed by atoms with Crippen LogP contribution < -0.4 is 0 Å². The Kier molecular flexibility index (Phi) is 119. The average molecular weight is 525 g/mol. The zero-order valence-electron chi connectivity index (χ0n) is 1.51. The fourth-order valence-electron chi connectivity index (χ4n) is 0. The van der Waals surface area contributed by atoms with Gasteiger partial charge in [-0.25, -0.2) is 0 Å². The van der Waals surface area contributed by atoms with E-state index >= 15 is 0 Å². The van der Waals surface area contributed by atoms with E-state index in [0.29, 0.717) is 0 Å². The summed E-state index contributed by atoms with van der Waals surface area (Å²) in [5.74, 6) is 0. The van der Waals surface area contributed by atoms with Crippen LogP contribution in [0.25, 0.3) is 0 Å². The molecule has 0 N–H and O–H groups in total. The molecule has 0 nitrogen and oxygen atoms in total. The van der Waals surface area contributed by atoms with Crippen LogP contribution in [0, 0.1) is 0 Å². The topological polar surface area (TPSA) is 0 Å². The molecule has 0 aliphatic carbocycles. The van der Waals surface area contributed by atoms with Crippen LogP contribution in [-0.4, -0.2) is 25.8 Å². The minimum atomic E-state index is 0. The fourth-order valence-corrected chi connectivity index (χ4v) is 0. The Balaban J connectivity index is 0. The van der Waals surface area contributed by atoms with E-state index in [1.807, 2.05) is 0 Å². The van der Waals surface area contributed by atoms with Gasteiger partial charge in [-0.3, -0.25) is 0 Å². The number of hydrogen-bond acceptors (Lipinski definition) is 0. The van der Waals surface area contributed by atoms with Gasteiger partial charge in [0.25, 0.3) is 0 Å². The van der Waals surface area contributed by atoms with Crippen molar-refractivity contribution in [2.45, 2.75) is 0 Å². The van der Waals surface area contributed by atoms with Crippen molar-refractivity contribution in [1.29, 1.82) is 0 Å². The van der Waals surface area contributed by atoms with Gasteiger partial charge < -0.3 is 0 Å². The Labute approximate surface area is 87.5 Å². The maximum atomic E-state index is 0. The second-order valence-corrected chi connectivity index (χ2v) is 0. The molecule has 0 aromatic heterocycles. The minimum Gasteiger partial charge on any atom is 0 e. The molecule has 0 aliphatic rings. The Hall–Kier alpha value is 2.94. The molecule has 4 heteroatoms. The van der Waals surface area contributed by atoms with Crippen molar-refractivity contribution in [2.24, 2.45) is 0 Å². The molecule has 34 valence electrons. The van der Waals surface area contributed by atoms with Gasteiger partial charge in [0, 0.05) is 89.1 Å². The normalized spacial score (nSPS) is 0. The first-order valence-corrected chi connectivity index (χ1v) is 0. The minimum absolute atomic E-state index is 0. The average Bonchev–Trinajstić information content (AvgIpc) is 0. The van der Waals surface area contributed by atoms with Gasteiger partial charge in [-0.05, 0) is 0 Å². The quantitative estimate of drug-likeness (QED) is 0.379. The van der Waals surface area contributed by atoms with E-state index in [4.69, 9.17) is 0 Å². The van der Waals surface area contributed by atoms with Crippen molar-refractivity contribution in [1.82, 2.24) is 0 Å². The zero-order chi connectivity index (χ0) is 0. The molecular weight excluding hydrogens is 525 g/mol. The smallest absolute Gasteiger partial charge is 0 e. The van der Waals surface area contributed by atoms with Crippen LogP contribution in [0.2, 0.25) is 0 Å². The summed E-state index contributed by atoms with van der Waals surface area (Å²) in [4.78, 5) is 0. The summed E-state index contributed by atoms with van der Waals surface area (Å²) >= 11 is 0. The predicted molar refractivity (Wildman–Crippen MR) is 5.75 cm³/mol. The summed E-state index contributed by atoms with van der Waals surface area (Å²) < 4.78 is 0. The largest absolute Gasteiger partial charge is 0 e. The van der Waals surface area contributed by atoms with Gasteiger partial charge in [0.1, 0.15) is 0 Å². The third kappa shape index (κ3) is 8.87. The molecule has 0 heterocycles. The molecular formula is AuInPd2. The molecule has 0 aromatic rings. The molecule has 0 aliphatic heterocycles. The van der Waals surface area contributed by atoms with Crippen molar-refractivity contribution < 1.29 is 63.2 Å². The van der Waals surface area contributed by atoms with E-state index in [1.165, 1.54) is 0 Å². The number of rotatable bonds is 0. The van der Waals surface area contributed by atoms with Gasteiger partial charge in [-0.2, -0.15) is 0 Å². The van der Waals surface area contributed by atoms with E-state index in [0.717, 1.165) is 0 Å². The molecule has 0 saturated carbocycles. The van der Waals surface area contributed by atoms with E-state index in [2.05, 4.69) is 0 Å². The second-order valence-electron chi connectivity index (χ2n) is 0. The monoisotopic (exact) mass is 524 g/mol. The molecule has 0 bridgehead atoms. The van der Waals surface area contributed by atoms with Crippen LogP contribution >= 0.6 is 0 Å². The van der Waals surface area contributed by atoms with Crippen molar-refractivity contribution in [3.8, 4) is 0 Å². The molecule has 0 amide bonds. The first-order chi connectivity index (χ1) is 0. The first kappa shape index (κ1) is 28.4. The van der Waals surface area contributed by atoms with Crippen LogP contribution in [0.3, 0.4) is 0 Å². The van der Waals surface area contributed by atoms with Crippen molar-refractivity contribution in [2.75, 3.05) is 0 Å². The van der Waals surface area contributed by atoms with Crippen LogP contribution in [0.1, 0.15) is 0 Å². The van der Waals surface area contributed by atoms with Gasteiger partial charge in [0.2, 0.25) is 0 Å². The maximum absolute atomic E-state index is 0. The van der Waals surface area contributed by atoms with Gasteiger partial charge in [-0.15, -0.1) is 0 Å². The number of hydrogen-bond donors (Lipinski definition) is 0. The molecule has 0 aromatic carbocycles. The van der Waals surface area contributed by atoms with E-state index < -0.39 is 0 Å². The van der Waals surface area contributed by atoms with Crippen molar-refractivity contribution in [3.05, 3.63) is 0 Å². The zero-order valence-corrected chi connectivity index (χ0v) is 10.1. The van der Waals surface area contributed by atoms with Crippen LogP contribution in [0.5, 0.6) is 0 Å². The van der Waals surface area contributed by atoms with Gasteiger partial charge in [0.05, 0.1) is 0 Å². The Morgan fingerprint density at radius 3 is 0.750 bits per heavy atom. The summed E-state index contributed by atoms with van der Waals surface area (Å²) in [7, 11) is 0. The van der Waals surface area contributed by atoms with Crippen molar-refractivity contribution >= 4 is 25.8 Å².